The molecule has 2 amide bonds. The summed E-state index contributed by atoms with van der Waals surface area (Å²) in [4.78, 5) is 23.4. The second-order valence-electron chi connectivity index (χ2n) is 8.70. The molecular weight excluding hydrogens is 529 g/mol. The summed E-state index contributed by atoms with van der Waals surface area (Å²) in [5.41, 5.74) is 5.12. The molecule has 0 radical (unpaired) electrons. The van der Waals surface area contributed by atoms with Crippen LogP contribution in [0.1, 0.15) is 11.1 Å². The van der Waals surface area contributed by atoms with Crippen molar-refractivity contribution >= 4 is 34.3 Å². The maximum atomic E-state index is 12.7. The lowest BCUT2D eigenvalue weighted by molar-refractivity contribution is -0.274. The Morgan fingerprint density at radius 3 is 2.38 bits per heavy atom. The Labute approximate surface area is 226 Å². The van der Waals surface area contributed by atoms with Crippen LogP contribution in [0, 0.1) is 13.8 Å². The third kappa shape index (κ3) is 6.23. The number of aliphatic imine (C=N–C) groups is 1. The van der Waals surface area contributed by atoms with E-state index in [0.29, 0.717) is 27.9 Å². The predicted octanol–water partition coefficient (Wildman–Crippen LogP) is 6.59. The summed E-state index contributed by atoms with van der Waals surface area (Å²) in [5, 5.41) is 7.85. The Kier molecular flexibility index (Phi) is 7.29. The third-order valence-electron chi connectivity index (χ3n) is 5.90. The number of para-hydroxylation sites is 1. The van der Waals surface area contributed by atoms with E-state index in [1.54, 1.807) is 36.0 Å². The van der Waals surface area contributed by atoms with Crippen LogP contribution in [0.4, 0.5) is 29.3 Å². The third-order valence-corrected chi connectivity index (χ3v) is 6.86. The molecule has 2 heterocycles. The molecule has 0 saturated carbocycles. The number of hydrogen-bond acceptors (Lipinski definition) is 5. The first kappa shape index (κ1) is 26.3. The van der Waals surface area contributed by atoms with Crippen molar-refractivity contribution in [3.63, 3.8) is 0 Å². The Morgan fingerprint density at radius 2 is 1.72 bits per heavy atom. The summed E-state index contributed by atoms with van der Waals surface area (Å²) in [6, 6.07) is 17.9. The molecule has 1 aliphatic rings. The number of nitrogens with zero attached hydrogens (tertiary/aromatic N) is 5. The maximum absolute atomic E-state index is 12.7. The summed E-state index contributed by atoms with van der Waals surface area (Å²) in [6.07, 6.45) is -3.29. The molecule has 1 aromatic heterocycles. The molecule has 0 unspecified atom stereocenters. The molecule has 3 aromatic carbocycles. The van der Waals surface area contributed by atoms with E-state index in [4.69, 9.17) is 0 Å². The number of alkyl halides is 3. The highest BCUT2D eigenvalue weighted by Crippen LogP contribution is 2.31. The highest BCUT2D eigenvalue weighted by atomic mass is 32.2. The summed E-state index contributed by atoms with van der Waals surface area (Å²) >= 11 is 1.54. The zero-order valence-electron chi connectivity index (χ0n) is 20.9. The van der Waals surface area contributed by atoms with Crippen LogP contribution in [-0.2, 0) is 0 Å². The molecule has 39 heavy (non-hydrogen) atoms. The van der Waals surface area contributed by atoms with E-state index in [9.17, 15) is 18.0 Å². The molecule has 0 atom stereocenters. The van der Waals surface area contributed by atoms with Crippen molar-refractivity contribution in [1.82, 2.24) is 14.8 Å². The van der Waals surface area contributed by atoms with Gasteiger partial charge in [-0.1, -0.05) is 30.0 Å². The zero-order chi connectivity index (χ0) is 27.6. The summed E-state index contributed by atoms with van der Waals surface area (Å²) in [7, 11) is 0. The quantitative estimate of drug-likeness (QED) is 0.301. The number of amidine groups is 1. The van der Waals surface area contributed by atoms with E-state index < -0.39 is 12.4 Å². The highest BCUT2D eigenvalue weighted by molar-refractivity contribution is 8.14. The van der Waals surface area contributed by atoms with Gasteiger partial charge in [-0.15, -0.1) is 18.3 Å². The van der Waals surface area contributed by atoms with E-state index in [2.05, 4.69) is 30.0 Å². The number of hydrogen-bond donors (Lipinski definition) is 1. The maximum Gasteiger partial charge on any atom is 0.573 e. The standard InChI is InChI=1S/C27H23F3N6O2S/c1-17-4-3-5-18(2)23(17)35-14-15-39-26(35)33-25(37)32-20-8-6-19(7-9-20)24-31-16-36(34-24)21-10-12-22(13-11-21)38-27(28,29)30/h3-13,16H,14-15H2,1-2H3,(H,32,37)/b33-26-. The van der Waals surface area contributed by atoms with Gasteiger partial charge in [-0.2, -0.15) is 4.99 Å². The van der Waals surface area contributed by atoms with Gasteiger partial charge >= 0.3 is 12.4 Å². The van der Waals surface area contributed by atoms with E-state index in [1.807, 2.05) is 32.0 Å². The molecule has 0 bridgehead atoms. The molecule has 4 aromatic rings. The number of aromatic nitrogens is 3. The van der Waals surface area contributed by atoms with Crippen molar-refractivity contribution in [3.8, 4) is 22.8 Å². The molecular formula is C27H23F3N6O2S. The lowest BCUT2D eigenvalue weighted by Crippen LogP contribution is -2.26. The molecule has 0 aliphatic carbocycles. The van der Waals surface area contributed by atoms with Crippen LogP contribution in [-0.4, -0.2) is 44.6 Å². The molecule has 200 valence electrons. The first-order valence-electron chi connectivity index (χ1n) is 11.9. The van der Waals surface area contributed by atoms with Gasteiger partial charge in [0, 0.05) is 29.2 Å². The van der Waals surface area contributed by atoms with Crippen molar-refractivity contribution in [2.45, 2.75) is 20.2 Å². The van der Waals surface area contributed by atoms with E-state index in [-0.39, 0.29) is 5.75 Å². The van der Waals surface area contributed by atoms with Gasteiger partial charge in [0.2, 0.25) is 0 Å². The number of benzene rings is 3. The Balaban J connectivity index is 1.24. The minimum Gasteiger partial charge on any atom is -0.406 e. The number of nitrogens with one attached hydrogen (secondary N) is 1. The van der Waals surface area contributed by atoms with Crippen LogP contribution in [0.5, 0.6) is 5.75 Å². The number of ether oxygens (including phenoxy) is 1. The smallest absolute Gasteiger partial charge is 0.406 e. The fourth-order valence-corrected chi connectivity index (χ4v) is 5.14. The van der Waals surface area contributed by atoms with Crippen LogP contribution in [0.25, 0.3) is 17.1 Å². The molecule has 1 saturated heterocycles. The predicted molar refractivity (Wildman–Crippen MR) is 146 cm³/mol. The Morgan fingerprint density at radius 1 is 1.03 bits per heavy atom. The van der Waals surface area contributed by atoms with Gasteiger partial charge in [-0.25, -0.2) is 14.5 Å². The second-order valence-corrected chi connectivity index (χ2v) is 9.76. The number of anilines is 2. The molecule has 12 heteroatoms. The highest BCUT2D eigenvalue weighted by Gasteiger charge is 2.31. The van der Waals surface area contributed by atoms with Crippen molar-refractivity contribution in [2.24, 2.45) is 4.99 Å². The number of thioether (sulfide) groups is 1. The summed E-state index contributed by atoms with van der Waals surface area (Å²) < 4.78 is 42.4. The van der Waals surface area contributed by atoms with Gasteiger partial charge in [-0.3, -0.25) is 0 Å². The van der Waals surface area contributed by atoms with Gasteiger partial charge in [-0.05, 0) is 73.5 Å². The van der Waals surface area contributed by atoms with Gasteiger partial charge in [0.15, 0.2) is 11.0 Å². The van der Waals surface area contributed by atoms with Crippen molar-refractivity contribution < 1.29 is 22.7 Å². The SMILES string of the molecule is Cc1cccc(C)c1N1CCS/C1=N\C(=O)Nc1ccc(-c2ncn(-c3ccc(OC(F)(F)F)cc3)n2)cc1. The van der Waals surface area contributed by atoms with E-state index in [1.165, 1.54) is 35.3 Å². The first-order valence-corrected chi connectivity index (χ1v) is 12.9. The van der Waals surface area contributed by atoms with Gasteiger partial charge in [0.1, 0.15) is 12.1 Å². The van der Waals surface area contributed by atoms with Crippen LogP contribution in [0.3, 0.4) is 0 Å². The van der Waals surface area contributed by atoms with E-state index in [0.717, 1.165) is 29.1 Å². The van der Waals surface area contributed by atoms with Gasteiger partial charge in [0.25, 0.3) is 0 Å². The zero-order valence-corrected chi connectivity index (χ0v) is 21.8. The first-order chi connectivity index (χ1) is 18.7. The number of rotatable bonds is 5. The average molecular weight is 553 g/mol. The van der Waals surface area contributed by atoms with Crippen molar-refractivity contribution in [2.75, 3.05) is 22.5 Å². The topological polar surface area (TPSA) is 84.6 Å². The van der Waals surface area contributed by atoms with Gasteiger partial charge < -0.3 is 15.0 Å². The van der Waals surface area contributed by atoms with Gasteiger partial charge in [0.05, 0.1) is 5.69 Å². The number of carbonyl (C=O) groups excluding carboxylic acids is 1. The number of carbonyl (C=O) groups is 1. The molecule has 1 aliphatic heterocycles. The molecule has 1 fully saturated rings. The number of aryl methyl sites for hydroxylation is 2. The van der Waals surface area contributed by atoms with Crippen LogP contribution in [0.2, 0.25) is 0 Å². The molecule has 0 spiro atoms. The fourth-order valence-electron chi connectivity index (χ4n) is 4.19. The van der Waals surface area contributed by atoms with Crippen LogP contribution in [0.15, 0.2) is 78.0 Å². The fraction of sp³-hybridized carbons (Fsp3) is 0.185. The molecule has 5 rings (SSSR count). The molecule has 8 nitrogen and oxygen atoms in total. The van der Waals surface area contributed by atoms with Crippen molar-refractivity contribution in [1.29, 1.82) is 0 Å². The number of amides is 2. The average Bonchev–Trinajstić information content (AvgIpc) is 3.54. The Bertz CT molecular complexity index is 1500. The normalized spacial score (nSPS) is 14.6. The second kappa shape index (κ2) is 10.8. The minimum absolute atomic E-state index is 0.320. The lowest BCUT2D eigenvalue weighted by atomic mass is 10.1. The lowest BCUT2D eigenvalue weighted by Gasteiger charge is -2.22. The summed E-state index contributed by atoms with van der Waals surface area (Å²) in [6.45, 7) is 4.87. The summed E-state index contributed by atoms with van der Waals surface area (Å²) in [5.74, 6) is 0.939. The number of halogens is 3. The Hall–Kier alpha value is -4.32. The molecule has 1 N–H and O–H groups in total. The van der Waals surface area contributed by atoms with Crippen LogP contribution < -0.4 is 15.0 Å². The number of urea groups is 1. The largest absolute Gasteiger partial charge is 0.573 e. The van der Waals surface area contributed by atoms with E-state index >= 15 is 0 Å². The minimum atomic E-state index is -4.75. The van der Waals surface area contributed by atoms with Crippen molar-refractivity contribution in [3.05, 3.63) is 84.2 Å². The van der Waals surface area contributed by atoms with Crippen LogP contribution >= 0.6 is 11.8 Å². The monoisotopic (exact) mass is 552 g/mol.